The number of hydrogen-bond donors (Lipinski definition) is 2. The maximum absolute atomic E-state index is 12.9. The molecule has 0 bridgehead atoms. The fourth-order valence-corrected chi connectivity index (χ4v) is 3.63. The van der Waals surface area contributed by atoms with Crippen molar-refractivity contribution in [1.29, 1.82) is 0 Å². The topological polar surface area (TPSA) is 105 Å². The van der Waals surface area contributed by atoms with Crippen LogP contribution in [0.4, 0.5) is 36.3 Å². The molecule has 0 spiro atoms. The molecule has 1 aromatic heterocycles. The number of rotatable bonds is 8. The summed E-state index contributed by atoms with van der Waals surface area (Å²) in [6.45, 7) is 3.44. The number of nitro benzene ring substituents is 1. The summed E-state index contributed by atoms with van der Waals surface area (Å²) in [4.78, 5) is 21.8. The Kier molecular flexibility index (Phi) is 6.96. The lowest BCUT2D eigenvalue weighted by Gasteiger charge is -2.27. The zero-order chi connectivity index (χ0) is 24.1. The molecule has 0 radical (unpaired) electrons. The van der Waals surface area contributed by atoms with Crippen molar-refractivity contribution in [2.45, 2.75) is 12.6 Å². The Hall–Kier alpha value is -3.67. The highest BCUT2D eigenvalue weighted by Crippen LogP contribution is 2.35. The van der Waals surface area contributed by atoms with Crippen LogP contribution in [-0.2, 0) is 10.9 Å². The van der Waals surface area contributed by atoms with Crippen molar-refractivity contribution >= 4 is 34.0 Å². The highest BCUT2D eigenvalue weighted by Gasteiger charge is 2.33. The van der Waals surface area contributed by atoms with Crippen molar-refractivity contribution in [3.05, 3.63) is 58.1 Å². The highest BCUT2D eigenvalue weighted by atomic mass is 19.4. The van der Waals surface area contributed by atoms with Crippen molar-refractivity contribution in [1.82, 2.24) is 9.97 Å². The Labute approximate surface area is 193 Å². The van der Waals surface area contributed by atoms with E-state index in [-0.39, 0.29) is 5.69 Å². The van der Waals surface area contributed by atoms with Gasteiger partial charge in [-0.1, -0.05) is 12.1 Å². The van der Waals surface area contributed by atoms with Crippen LogP contribution < -0.4 is 15.5 Å². The number of fused-ring (bicyclic) bond motifs is 1. The Morgan fingerprint density at radius 3 is 2.53 bits per heavy atom. The average Bonchev–Trinajstić information content (AvgIpc) is 2.83. The largest absolute Gasteiger partial charge is 0.416 e. The molecule has 0 amide bonds. The van der Waals surface area contributed by atoms with Crippen LogP contribution >= 0.6 is 0 Å². The van der Waals surface area contributed by atoms with Crippen LogP contribution in [0.25, 0.3) is 10.9 Å². The molecule has 0 atom stereocenters. The van der Waals surface area contributed by atoms with Gasteiger partial charge in [-0.25, -0.2) is 4.98 Å². The van der Waals surface area contributed by atoms with Gasteiger partial charge in [0, 0.05) is 37.6 Å². The molecule has 3 aromatic rings. The lowest BCUT2D eigenvalue weighted by molar-refractivity contribution is -0.384. The van der Waals surface area contributed by atoms with Gasteiger partial charge in [-0.3, -0.25) is 10.1 Å². The van der Waals surface area contributed by atoms with Crippen LogP contribution in [0.2, 0.25) is 0 Å². The molecule has 12 heteroatoms. The van der Waals surface area contributed by atoms with Gasteiger partial charge in [-0.2, -0.15) is 18.2 Å². The Bertz CT molecular complexity index is 1170. The van der Waals surface area contributed by atoms with Crippen molar-refractivity contribution in [3.8, 4) is 0 Å². The number of hydrogen-bond acceptors (Lipinski definition) is 8. The number of nitrogens with one attached hydrogen (secondary N) is 2. The first-order valence-electron chi connectivity index (χ1n) is 10.8. The smallest absolute Gasteiger partial charge is 0.379 e. The molecular formula is C22H23F3N6O3. The van der Waals surface area contributed by atoms with Crippen molar-refractivity contribution in [2.75, 3.05) is 54.9 Å². The monoisotopic (exact) mass is 476 g/mol. The van der Waals surface area contributed by atoms with Gasteiger partial charge in [-0.15, -0.1) is 0 Å². The number of alkyl halides is 3. The van der Waals surface area contributed by atoms with Crippen LogP contribution in [0.15, 0.2) is 42.5 Å². The SMILES string of the molecule is O=[N+]([O-])c1cc(C(F)(F)F)ccc1NCCCNc1nc(N2CCOCC2)nc2ccccc12. The lowest BCUT2D eigenvalue weighted by Crippen LogP contribution is -2.37. The van der Waals surface area contributed by atoms with Gasteiger partial charge in [0.2, 0.25) is 5.95 Å². The van der Waals surface area contributed by atoms with E-state index in [1.165, 1.54) is 0 Å². The molecular weight excluding hydrogens is 453 g/mol. The summed E-state index contributed by atoms with van der Waals surface area (Å²) in [6, 6.07) is 10.1. The maximum atomic E-state index is 12.9. The molecule has 4 rings (SSSR count). The van der Waals surface area contributed by atoms with Crippen LogP contribution in [0.1, 0.15) is 12.0 Å². The predicted octanol–water partition coefficient (Wildman–Crippen LogP) is 4.31. The van der Waals surface area contributed by atoms with Crippen molar-refractivity contribution < 1.29 is 22.8 Å². The first-order chi connectivity index (χ1) is 16.3. The second-order valence-electron chi connectivity index (χ2n) is 7.68. The summed E-state index contributed by atoms with van der Waals surface area (Å²) in [6.07, 6.45) is -4.10. The lowest BCUT2D eigenvalue weighted by atomic mass is 10.1. The molecule has 2 N–H and O–H groups in total. The third-order valence-electron chi connectivity index (χ3n) is 5.37. The summed E-state index contributed by atoms with van der Waals surface area (Å²) >= 11 is 0. The third kappa shape index (κ3) is 5.45. The first kappa shape index (κ1) is 23.5. The van der Waals surface area contributed by atoms with E-state index in [4.69, 9.17) is 4.74 Å². The first-order valence-corrected chi connectivity index (χ1v) is 10.8. The quantitative estimate of drug-likeness (QED) is 0.282. The van der Waals surface area contributed by atoms with E-state index in [9.17, 15) is 23.3 Å². The molecule has 1 aliphatic heterocycles. The molecule has 0 saturated carbocycles. The molecule has 2 heterocycles. The zero-order valence-electron chi connectivity index (χ0n) is 18.1. The molecule has 34 heavy (non-hydrogen) atoms. The minimum Gasteiger partial charge on any atom is -0.379 e. The summed E-state index contributed by atoms with van der Waals surface area (Å²) in [7, 11) is 0. The Balaban J connectivity index is 1.40. The number of para-hydroxylation sites is 1. The van der Waals surface area contributed by atoms with E-state index in [1.807, 2.05) is 24.3 Å². The Morgan fingerprint density at radius 2 is 1.79 bits per heavy atom. The Morgan fingerprint density at radius 1 is 1.06 bits per heavy atom. The molecule has 9 nitrogen and oxygen atoms in total. The van der Waals surface area contributed by atoms with E-state index in [1.54, 1.807) is 0 Å². The van der Waals surface area contributed by atoms with E-state index in [0.29, 0.717) is 63.6 Å². The van der Waals surface area contributed by atoms with Gasteiger partial charge in [-0.05, 0) is 30.7 Å². The van der Waals surface area contributed by atoms with Crippen LogP contribution in [0.3, 0.4) is 0 Å². The highest BCUT2D eigenvalue weighted by molar-refractivity contribution is 5.90. The minimum atomic E-state index is -4.65. The molecule has 0 unspecified atom stereocenters. The minimum absolute atomic E-state index is 0.0417. The zero-order valence-corrected chi connectivity index (χ0v) is 18.1. The second-order valence-corrected chi connectivity index (χ2v) is 7.68. The molecule has 1 fully saturated rings. The summed E-state index contributed by atoms with van der Waals surface area (Å²) in [5.74, 6) is 1.29. The number of nitro groups is 1. The number of benzene rings is 2. The molecule has 0 aliphatic carbocycles. The fourth-order valence-electron chi connectivity index (χ4n) is 3.63. The number of halogens is 3. The van der Waals surface area contributed by atoms with Crippen LogP contribution in [0.5, 0.6) is 0 Å². The maximum Gasteiger partial charge on any atom is 0.416 e. The molecule has 2 aromatic carbocycles. The van der Waals surface area contributed by atoms with Gasteiger partial charge >= 0.3 is 6.18 Å². The van der Waals surface area contributed by atoms with Gasteiger partial charge in [0.05, 0.1) is 29.2 Å². The van der Waals surface area contributed by atoms with Crippen LogP contribution in [0, 0.1) is 10.1 Å². The number of anilines is 3. The van der Waals surface area contributed by atoms with Crippen molar-refractivity contribution in [2.24, 2.45) is 0 Å². The van der Waals surface area contributed by atoms with Crippen LogP contribution in [-0.4, -0.2) is 54.3 Å². The summed E-state index contributed by atoms with van der Waals surface area (Å²) in [5.41, 5.74) is -0.821. The number of nitrogens with zero attached hydrogens (tertiary/aromatic N) is 4. The molecule has 1 aliphatic rings. The van der Waals surface area contributed by atoms with E-state index >= 15 is 0 Å². The van der Waals surface area contributed by atoms with Gasteiger partial charge < -0.3 is 20.3 Å². The van der Waals surface area contributed by atoms with Gasteiger partial charge in [0.1, 0.15) is 11.5 Å². The van der Waals surface area contributed by atoms with Crippen molar-refractivity contribution in [3.63, 3.8) is 0 Å². The predicted molar refractivity (Wildman–Crippen MR) is 122 cm³/mol. The molecule has 1 saturated heterocycles. The standard InChI is InChI=1S/C22H23F3N6O3/c23-22(24,25)15-6-7-18(19(14-15)31(32)33)26-8-3-9-27-20-16-4-1-2-5-17(16)28-21(29-20)30-10-12-34-13-11-30/h1-2,4-7,14,26H,3,8-13H2,(H,27,28,29). The fraction of sp³-hybridized carbons (Fsp3) is 0.364. The van der Waals surface area contributed by atoms with E-state index in [2.05, 4.69) is 25.5 Å². The normalized spacial score (nSPS) is 14.3. The number of aromatic nitrogens is 2. The summed E-state index contributed by atoms with van der Waals surface area (Å²) in [5, 5.41) is 18.2. The third-order valence-corrected chi connectivity index (χ3v) is 5.37. The van der Waals surface area contributed by atoms with Gasteiger partial charge in [0.15, 0.2) is 0 Å². The molecule has 180 valence electrons. The summed E-state index contributed by atoms with van der Waals surface area (Å²) < 4.78 is 44.0. The van der Waals surface area contributed by atoms with E-state index < -0.39 is 22.4 Å². The second kappa shape index (κ2) is 10.1. The van der Waals surface area contributed by atoms with Gasteiger partial charge in [0.25, 0.3) is 5.69 Å². The number of morpholine rings is 1. The average molecular weight is 476 g/mol. The van der Waals surface area contributed by atoms with E-state index in [0.717, 1.165) is 23.0 Å². The number of ether oxygens (including phenoxy) is 1.